The zero-order valence-electron chi connectivity index (χ0n) is 19.4. The van der Waals surface area contributed by atoms with E-state index in [1.165, 1.54) is 0 Å². The number of likely N-dealkylation sites (tertiary alicyclic amines) is 1. The molecule has 5 rings (SSSR count). The molecule has 1 fully saturated rings. The largest absolute Gasteiger partial charge is 0.507 e. The van der Waals surface area contributed by atoms with Crippen LogP contribution >= 0.6 is 0 Å². The summed E-state index contributed by atoms with van der Waals surface area (Å²) in [6.07, 6.45) is 1.93. The molecule has 0 saturated carbocycles. The minimum Gasteiger partial charge on any atom is -0.507 e. The Morgan fingerprint density at radius 3 is 2.59 bits per heavy atom. The fourth-order valence-electron chi connectivity index (χ4n) is 4.68. The van der Waals surface area contributed by atoms with Gasteiger partial charge in [-0.15, -0.1) is 0 Å². The highest BCUT2D eigenvalue weighted by molar-refractivity contribution is 6.46. The van der Waals surface area contributed by atoms with Crippen molar-refractivity contribution < 1.29 is 24.2 Å². The lowest BCUT2D eigenvalue weighted by Gasteiger charge is -2.26. The number of Topliss-reactive ketones (excluding diaryl/α,β-unsaturated/α-hetero) is 1. The molecule has 0 bridgehead atoms. The van der Waals surface area contributed by atoms with E-state index in [9.17, 15) is 14.7 Å². The van der Waals surface area contributed by atoms with Gasteiger partial charge in [0.15, 0.2) is 11.5 Å². The van der Waals surface area contributed by atoms with Gasteiger partial charge in [0.05, 0.1) is 11.6 Å². The number of aryl methyl sites for hydroxylation is 1. The van der Waals surface area contributed by atoms with Crippen molar-refractivity contribution in [3.8, 4) is 11.5 Å². The number of ether oxygens (including phenoxy) is 2. The average Bonchev–Trinajstić information content (AvgIpc) is 3.30. The van der Waals surface area contributed by atoms with Gasteiger partial charge in [0.25, 0.3) is 11.7 Å². The highest BCUT2D eigenvalue weighted by Gasteiger charge is 2.46. The summed E-state index contributed by atoms with van der Waals surface area (Å²) in [5.41, 5.74) is 2.27. The monoisotopic (exact) mass is 461 g/mol. The Kier molecular flexibility index (Phi) is 5.53. The third kappa shape index (κ3) is 3.60. The van der Waals surface area contributed by atoms with Crippen LogP contribution in [0.15, 0.2) is 54.2 Å². The van der Waals surface area contributed by atoms with Gasteiger partial charge in [0, 0.05) is 48.4 Å². The molecule has 0 radical (unpaired) electrons. The first-order valence-electron chi connectivity index (χ1n) is 11.2. The number of aliphatic hydroxyl groups excluding tert-OH is 1. The van der Waals surface area contributed by atoms with Gasteiger partial charge in [0.2, 0.25) is 0 Å². The van der Waals surface area contributed by atoms with Crippen LogP contribution in [0.5, 0.6) is 11.5 Å². The number of carbonyl (C=O) groups excluding carboxylic acids is 2. The molecule has 3 heterocycles. The molecule has 1 saturated heterocycles. The van der Waals surface area contributed by atoms with Crippen LogP contribution in [0.2, 0.25) is 0 Å². The smallest absolute Gasteiger partial charge is 0.295 e. The molecule has 8 heteroatoms. The van der Waals surface area contributed by atoms with Crippen LogP contribution in [0.3, 0.4) is 0 Å². The molecule has 34 heavy (non-hydrogen) atoms. The maximum Gasteiger partial charge on any atom is 0.295 e. The Morgan fingerprint density at radius 1 is 1.09 bits per heavy atom. The van der Waals surface area contributed by atoms with E-state index < -0.39 is 17.7 Å². The first kappa shape index (κ1) is 22.0. The number of hydrogen-bond acceptors (Lipinski definition) is 6. The van der Waals surface area contributed by atoms with E-state index in [-0.39, 0.29) is 11.3 Å². The molecule has 1 unspecified atom stereocenters. The maximum atomic E-state index is 13.3. The molecule has 8 nitrogen and oxygen atoms in total. The number of nitrogens with zero attached hydrogens (tertiary/aromatic N) is 3. The van der Waals surface area contributed by atoms with Crippen molar-refractivity contribution in [2.24, 2.45) is 7.05 Å². The summed E-state index contributed by atoms with van der Waals surface area (Å²) in [5.74, 6) is -0.442. The van der Waals surface area contributed by atoms with E-state index in [2.05, 4.69) is 0 Å². The van der Waals surface area contributed by atoms with Gasteiger partial charge in [-0.05, 0) is 38.4 Å². The van der Waals surface area contributed by atoms with Crippen molar-refractivity contribution in [1.29, 1.82) is 0 Å². The molecule has 1 N–H and O–H groups in total. The predicted octanol–water partition coefficient (Wildman–Crippen LogP) is 2.93. The van der Waals surface area contributed by atoms with E-state index in [0.717, 1.165) is 16.5 Å². The molecule has 3 aromatic rings. The van der Waals surface area contributed by atoms with Gasteiger partial charge < -0.3 is 28.9 Å². The van der Waals surface area contributed by atoms with Crippen LogP contribution < -0.4 is 9.47 Å². The van der Waals surface area contributed by atoms with Crippen molar-refractivity contribution in [1.82, 2.24) is 14.4 Å². The first-order chi connectivity index (χ1) is 16.4. The van der Waals surface area contributed by atoms with E-state index in [1.54, 1.807) is 23.1 Å². The van der Waals surface area contributed by atoms with Gasteiger partial charge in [-0.3, -0.25) is 9.59 Å². The van der Waals surface area contributed by atoms with Gasteiger partial charge in [-0.25, -0.2) is 0 Å². The van der Waals surface area contributed by atoms with Crippen LogP contribution in [0.25, 0.3) is 16.7 Å². The Morgan fingerprint density at radius 2 is 1.82 bits per heavy atom. The third-order valence-corrected chi connectivity index (χ3v) is 6.37. The SMILES string of the molecule is CN(C)CCN1C(=O)C(=O)/C(=C(/O)c2ccc3c(c2)OCCO3)C1c1cn(C)c2ccccc12. The standard InChI is InChI=1S/C26H27N3O5/c1-27(2)10-11-29-23(18-15-28(3)19-7-5-4-6-17(18)19)22(25(31)26(29)32)24(30)16-8-9-20-21(14-16)34-13-12-33-20/h4-9,14-15,23,30H,10-13H2,1-3H3/b24-22+. The fraction of sp³-hybridized carbons (Fsp3) is 0.308. The second-order valence-corrected chi connectivity index (χ2v) is 8.87. The second kappa shape index (κ2) is 8.53. The zero-order valence-corrected chi connectivity index (χ0v) is 19.4. The summed E-state index contributed by atoms with van der Waals surface area (Å²) < 4.78 is 13.2. The van der Waals surface area contributed by atoms with E-state index in [0.29, 0.717) is 43.4 Å². The lowest BCUT2D eigenvalue weighted by atomic mass is 9.95. The Bertz CT molecular complexity index is 1320. The maximum absolute atomic E-state index is 13.3. The predicted molar refractivity (Wildman–Crippen MR) is 128 cm³/mol. The molecule has 2 aliphatic rings. The van der Waals surface area contributed by atoms with Gasteiger partial charge >= 0.3 is 0 Å². The van der Waals surface area contributed by atoms with Crippen molar-refractivity contribution in [3.05, 3.63) is 65.4 Å². The summed E-state index contributed by atoms with van der Waals surface area (Å²) >= 11 is 0. The topological polar surface area (TPSA) is 84.2 Å². The third-order valence-electron chi connectivity index (χ3n) is 6.37. The summed E-state index contributed by atoms with van der Waals surface area (Å²) in [5, 5.41) is 12.3. The van der Waals surface area contributed by atoms with Gasteiger partial charge in [0.1, 0.15) is 19.0 Å². The number of carbonyl (C=O) groups is 2. The van der Waals surface area contributed by atoms with Crippen LogP contribution in [0.1, 0.15) is 17.2 Å². The van der Waals surface area contributed by atoms with Gasteiger partial charge in [-0.2, -0.15) is 0 Å². The highest BCUT2D eigenvalue weighted by atomic mass is 16.6. The molecule has 1 amide bonds. The van der Waals surface area contributed by atoms with Gasteiger partial charge in [-0.1, -0.05) is 18.2 Å². The Balaban J connectivity index is 1.69. The number of aliphatic hydroxyl groups is 1. The summed E-state index contributed by atoms with van der Waals surface area (Å²) in [6.45, 7) is 1.79. The molecule has 0 aliphatic carbocycles. The van der Waals surface area contributed by atoms with Crippen molar-refractivity contribution >= 4 is 28.4 Å². The molecular formula is C26H27N3O5. The zero-order chi connectivity index (χ0) is 24.0. The van der Waals surface area contributed by atoms with E-state index in [1.807, 2.05) is 61.1 Å². The second-order valence-electron chi connectivity index (χ2n) is 8.87. The van der Waals surface area contributed by atoms with Crippen molar-refractivity contribution in [3.63, 3.8) is 0 Å². The normalized spacial score (nSPS) is 19.4. The molecule has 1 atom stereocenters. The molecular weight excluding hydrogens is 434 g/mol. The first-order valence-corrected chi connectivity index (χ1v) is 11.2. The number of benzene rings is 2. The quantitative estimate of drug-likeness (QED) is 0.357. The summed E-state index contributed by atoms with van der Waals surface area (Å²) in [4.78, 5) is 30.0. The number of rotatable bonds is 5. The van der Waals surface area contributed by atoms with Crippen LogP contribution in [0.4, 0.5) is 0 Å². The number of amides is 1. The fourth-order valence-corrected chi connectivity index (χ4v) is 4.68. The molecule has 176 valence electrons. The van der Waals surface area contributed by atoms with Crippen molar-refractivity contribution in [2.45, 2.75) is 6.04 Å². The number of likely N-dealkylation sites (N-methyl/N-ethyl adjacent to an activating group) is 1. The minimum atomic E-state index is -0.709. The molecule has 2 aromatic carbocycles. The molecule has 1 aromatic heterocycles. The Hall–Kier alpha value is -3.78. The highest BCUT2D eigenvalue weighted by Crippen LogP contribution is 2.43. The molecule has 2 aliphatic heterocycles. The number of aromatic nitrogens is 1. The van der Waals surface area contributed by atoms with Crippen LogP contribution in [-0.4, -0.2) is 71.6 Å². The van der Waals surface area contributed by atoms with E-state index in [4.69, 9.17) is 9.47 Å². The minimum absolute atomic E-state index is 0.0804. The van der Waals surface area contributed by atoms with Crippen LogP contribution in [-0.2, 0) is 16.6 Å². The summed E-state index contributed by atoms with van der Waals surface area (Å²) in [6, 6.07) is 12.2. The number of hydrogen-bond donors (Lipinski definition) is 1. The number of fused-ring (bicyclic) bond motifs is 2. The van der Waals surface area contributed by atoms with E-state index >= 15 is 0 Å². The summed E-state index contributed by atoms with van der Waals surface area (Å²) in [7, 11) is 5.76. The number of para-hydroxylation sites is 1. The lowest BCUT2D eigenvalue weighted by molar-refractivity contribution is -0.140. The van der Waals surface area contributed by atoms with Crippen molar-refractivity contribution in [2.75, 3.05) is 40.4 Å². The lowest BCUT2D eigenvalue weighted by Crippen LogP contribution is -2.35. The van der Waals surface area contributed by atoms with Crippen LogP contribution in [0, 0.1) is 0 Å². The molecule has 0 spiro atoms. The average molecular weight is 462 g/mol. The number of ketones is 1. The Labute approximate surface area is 197 Å².